The molecule has 1 amide bonds. The molecule has 6 nitrogen and oxygen atoms in total. The predicted molar refractivity (Wildman–Crippen MR) is 90.9 cm³/mol. The lowest BCUT2D eigenvalue weighted by atomic mass is 10.1. The van der Waals surface area contributed by atoms with E-state index in [1.54, 1.807) is 24.3 Å². The van der Waals surface area contributed by atoms with Gasteiger partial charge in [-0.05, 0) is 38.1 Å². The lowest BCUT2D eigenvalue weighted by molar-refractivity contribution is -0.113. The van der Waals surface area contributed by atoms with Crippen molar-refractivity contribution in [2.24, 2.45) is 0 Å². The zero-order valence-electron chi connectivity index (χ0n) is 13.5. The summed E-state index contributed by atoms with van der Waals surface area (Å²) in [6.45, 7) is 6.36. The van der Waals surface area contributed by atoms with Gasteiger partial charge in [-0.15, -0.1) is 10.2 Å². The summed E-state index contributed by atoms with van der Waals surface area (Å²) in [6.07, 6.45) is 0.816. The molecule has 1 N–H and O–H groups in total. The highest BCUT2D eigenvalue weighted by Crippen LogP contribution is 2.18. The van der Waals surface area contributed by atoms with Gasteiger partial charge in [-0.3, -0.25) is 9.59 Å². The molecule has 0 spiro atoms. The lowest BCUT2D eigenvalue weighted by Gasteiger charge is -2.07. The molecule has 7 heteroatoms. The molecular formula is C16H20N4O2S. The van der Waals surface area contributed by atoms with Crippen LogP contribution >= 0.6 is 11.8 Å². The van der Waals surface area contributed by atoms with Crippen LogP contribution in [0.3, 0.4) is 0 Å². The molecule has 0 radical (unpaired) electrons. The zero-order chi connectivity index (χ0) is 16.8. The SMILES string of the molecule is CCc1nnc(SCC(=O)Nc2ccc(C(C)=O)cc2)n1CC. The number of aryl methyl sites for hydroxylation is 1. The molecule has 2 aromatic rings. The molecule has 0 aliphatic rings. The van der Waals surface area contributed by atoms with E-state index in [-0.39, 0.29) is 17.4 Å². The van der Waals surface area contributed by atoms with E-state index in [1.807, 2.05) is 18.4 Å². The molecule has 0 aliphatic carbocycles. The molecule has 0 saturated heterocycles. The Morgan fingerprint density at radius 2 is 1.87 bits per heavy atom. The molecule has 122 valence electrons. The highest BCUT2D eigenvalue weighted by molar-refractivity contribution is 7.99. The Hall–Kier alpha value is -2.15. The second-order valence-corrected chi connectivity index (χ2v) is 5.91. The third kappa shape index (κ3) is 4.41. The number of nitrogens with one attached hydrogen (secondary N) is 1. The maximum Gasteiger partial charge on any atom is 0.234 e. The normalized spacial score (nSPS) is 10.6. The van der Waals surface area contributed by atoms with Crippen molar-refractivity contribution in [1.29, 1.82) is 0 Å². The molecule has 1 aromatic carbocycles. The number of carbonyl (C=O) groups excluding carboxylic acids is 2. The van der Waals surface area contributed by atoms with Crippen molar-refractivity contribution in [1.82, 2.24) is 14.8 Å². The Morgan fingerprint density at radius 1 is 1.17 bits per heavy atom. The van der Waals surface area contributed by atoms with Crippen LogP contribution < -0.4 is 5.32 Å². The first kappa shape index (κ1) is 17.2. The van der Waals surface area contributed by atoms with Crippen LogP contribution in [-0.2, 0) is 17.8 Å². The van der Waals surface area contributed by atoms with Crippen LogP contribution in [0.5, 0.6) is 0 Å². The summed E-state index contributed by atoms with van der Waals surface area (Å²) in [7, 11) is 0. The predicted octanol–water partition coefficient (Wildman–Crippen LogP) is 2.79. The molecule has 1 heterocycles. The van der Waals surface area contributed by atoms with E-state index in [9.17, 15) is 9.59 Å². The number of rotatable bonds is 7. The average Bonchev–Trinajstić information content (AvgIpc) is 2.95. The summed E-state index contributed by atoms with van der Waals surface area (Å²) in [5.41, 5.74) is 1.30. The van der Waals surface area contributed by atoms with Crippen molar-refractivity contribution >= 4 is 29.1 Å². The second-order valence-electron chi connectivity index (χ2n) is 4.97. The minimum Gasteiger partial charge on any atom is -0.325 e. The van der Waals surface area contributed by atoms with E-state index in [4.69, 9.17) is 0 Å². The van der Waals surface area contributed by atoms with E-state index >= 15 is 0 Å². The fourth-order valence-corrected chi connectivity index (χ4v) is 2.94. The zero-order valence-corrected chi connectivity index (χ0v) is 14.3. The number of hydrogen-bond donors (Lipinski definition) is 1. The van der Waals surface area contributed by atoms with Crippen molar-refractivity contribution in [3.8, 4) is 0 Å². The van der Waals surface area contributed by atoms with Gasteiger partial charge in [-0.25, -0.2) is 0 Å². The van der Waals surface area contributed by atoms with Gasteiger partial charge in [0.2, 0.25) is 5.91 Å². The van der Waals surface area contributed by atoms with Crippen LogP contribution in [0.2, 0.25) is 0 Å². The first-order valence-electron chi connectivity index (χ1n) is 7.50. The largest absolute Gasteiger partial charge is 0.325 e. The Morgan fingerprint density at radius 3 is 2.43 bits per heavy atom. The van der Waals surface area contributed by atoms with Crippen molar-refractivity contribution < 1.29 is 9.59 Å². The molecular weight excluding hydrogens is 312 g/mol. The molecule has 1 aromatic heterocycles. The molecule has 0 unspecified atom stereocenters. The van der Waals surface area contributed by atoms with Gasteiger partial charge < -0.3 is 9.88 Å². The Balaban J connectivity index is 1.92. The Kier molecular flexibility index (Phi) is 5.92. The van der Waals surface area contributed by atoms with E-state index < -0.39 is 0 Å². The number of amides is 1. The highest BCUT2D eigenvalue weighted by atomic mass is 32.2. The molecule has 2 rings (SSSR count). The monoisotopic (exact) mass is 332 g/mol. The minimum atomic E-state index is -0.116. The van der Waals surface area contributed by atoms with Crippen LogP contribution in [0, 0.1) is 0 Å². The number of aromatic nitrogens is 3. The number of nitrogens with zero attached hydrogens (tertiary/aromatic N) is 3. The molecule has 0 saturated carbocycles. The van der Waals surface area contributed by atoms with Crippen LogP contribution in [0.4, 0.5) is 5.69 Å². The molecule has 0 aliphatic heterocycles. The Bertz CT molecular complexity index is 695. The number of carbonyl (C=O) groups is 2. The summed E-state index contributed by atoms with van der Waals surface area (Å²) < 4.78 is 2.01. The number of hydrogen-bond acceptors (Lipinski definition) is 5. The van der Waals surface area contributed by atoms with Crippen molar-refractivity contribution in [2.75, 3.05) is 11.1 Å². The van der Waals surface area contributed by atoms with E-state index in [0.29, 0.717) is 11.3 Å². The van der Waals surface area contributed by atoms with Crippen LogP contribution in [0.15, 0.2) is 29.4 Å². The van der Waals surface area contributed by atoms with Gasteiger partial charge in [0, 0.05) is 24.2 Å². The van der Waals surface area contributed by atoms with Gasteiger partial charge in [-0.1, -0.05) is 18.7 Å². The number of anilines is 1. The number of Topliss-reactive ketones (excluding diaryl/α,β-unsaturated/α-hetero) is 1. The van der Waals surface area contributed by atoms with Crippen molar-refractivity contribution in [3.05, 3.63) is 35.7 Å². The van der Waals surface area contributed by atoms with Crippen molar-refractivity contribution in [3.63, 3.8) is 0 Å². The van der Waals surface area contributed by atoms with Gasteiger partial charge in [0.05, 0.1) is 5.75 Å². The third-order valence-corrected chi connectivity index (χ3v) is 4.30. The molecule has 0 atom stereocenters. The maximum atomic E-state index is 12.0. The molecule has 0 fully saturated rings. The first-order chi connectivity index (χ1) is 11.0. The smallest absolute Gasteiger partial charge is 0.234 e. The first-order valence-corrected chi connectivity index (χ1v) is 8.49. The topological polar surface area (TPSA) is 76.9 Å². The van der Waals surface area contributed by atoms with Gasteiger partial charge in [0.25, 0.3) is 0 Å². The van der Waals surface area contributed by atoms with E-state index in [0.717, 1.165) is 23.9 Å². The summed E-state index contributed by atoms with van der Waals surface area (Å²) in [6, 6.07) is 6.85. The quantitative estimate of drug-likeness (QED) is 0.623. The fourth-order valence-electron chi connectivity index (χ4n) is 2.12. The van der Waals surface area contributed by atoms with Crippen LogP contribution in [-0.4, -0.2) is 32.2 Å². The standard InChI is InChI=1S/C16H20N4O2S/c1-4-14-18-19-16(20(14)5-2)23-10-15(22)17-13-8-6-12(7-9-13)11(3)21/h6-9H,4-5,10H2,1-3H3,(H,17,22). The second kappa shape index (κ2) is 7.92. The van der Waals surface area contributed by atoms with Crippen LogP contribution in [0.25, 0.3) is 0 Å². The van der Waals surface area contributed by atoms with Gasteiger partial charge in [0.1, 0.15) is 5.82 Å². The average molecular weight is 332 g/mol. The summed E-state index contributed by atoms with van der Waals surface area (Å²) in [5, 5.41) is 11.8. The molecule has 23 heavy (non-hydrogen) atoms. The fraction of sp³-hybridized carbons (Fsp3) is 0.375. The number of ketones is 1. The van der Waals surface area contributed by atoms with Gasteiger partial charge in [0.15, 0.2) is 10.9 Å². The minimum absolute atomic E-state index is 0.00376. The highest BCUT2D eigenvalue weighted by Gasteiger charge is 2.12. The third-order valence-electron chi connectivity index (χ3n) is 3.33. The summed E-state index contributed by atoms with van der Waals surface area (Å²) >= 11 is 1.37. The number of benzene rings is 1. The van der Waals surface area contributed by atoms with E-state index in [2.05, 4.69) is 15.5 Å². The van der Waals surface area contributed by atoms with Gasteiger partial charge in [-0.2, -0.15) is 0 Å². The summed E-state index contributed by atoms with van der Waals surface area (Å²) in [5.74, 6) is 1.07. The maximum absolute atomic E-state index is 12.0. The molecule has 0 bridgehead atoms. The Labute approximate surface area is 139 Å². The summed E-state index contributed by atoms with van der Waals surface area (Å²) in [4.78, 5) is 23.2. The van der Waals surface area contributed by atoms with Gasteiger partial charge >= 0.3 is 0 Å². The number of thioether (sulfide) groups is 1. The van der Waals surface area contributed by atoms with Crippen LogP contribution in [0.1, 0.15) is 37.0 Å². The van der Waals surface area contributed by atoms with E-state index in [1.165, 1.54) is 18.7 Å². The lowest BCUT2D eigenvalue weighted by Crippen LogP contribution is -2.14. The van der Waals surface area contributed by atoms with Crippen molar-refractivity contribution in [2.45, 2.75) is 38.9 Å².